The second kappa shape index (κ2) is 4.51. The van der Waals surface area contributed by atoms with E-state index in [4.69, 9.17) is 5.11 Å². The first-order valence-electron chi connectivity index (χ1n) is 2.71. The van der Waals surface area contributed by atoms with Crippen LogP contribution in [0.1, 0.15) is 10.4 Å². The summed E-state index contributed by atoms with van der Waals surface area (Å²) in [5.41, 5.74) is 0.192. The van der Waals surface area contributed by atoms with Gasteiger partial charge in [0.1, 0.15) is 5.75 Å². The van der Waals surface area contributed by atoms with Crippen molar-refractivity contribution in [3.05, 3.63) is 29.8 Å². The molecule has 0 fully saturated rings. The van der Waals surface area contributed by atoms with Crippen molar-refractivity contribution in [3.63, 3.8) is 0 Å². The van der Waals surface area contributed by atoms with Gasteiger partial charge in [0.2, 0.25) is 0 Å². The third-order valence-electron chi connectivity index (χ3n) is 1.12. The third-order valence-corrected chi connectivity index (χ3v) is 1.34. The van der Waals surface area contributed by atoms with Crippen molar-refractivity contribution >= 4 is 17.7 Å². The molecular weight excluding hydrogens is 256 g/mol. The Morgan fingerprint density at radius 2 is 1.91 bits per heavy atom. The van der Waals surface area contributed by atoms with Crippen molar-refractivity contribution < 1.29 is 32.3 Å². The molecule has 0 aliphatic carbocycles. The predicted molar refractivity (Wildman–Crippen MR) is 39.8 cm³/mol. The fourth-order valence-electron chi connectivity index (χ4n) is 0.646. The van der Waals surface area contributed by atoms with E-state index in [1.165, 1.54) is 12.1 Å². The van der Waals surface area contributed by atoms with E-state index in [0.29, 0.717) is 0 Å². The number of benzene rings is 1. The Morgan fingerprint density at radius 3 is 2.27 bits per heavy atom. The number of aromatic hydroxyl groups is 1. The molecule has 0 radical (unpaired) electrons. The van der Waals surface area contributed by atoms with Crippen LogP contribution in [0.3, 0.4) is 0 Å². The van der Waals surface area contributed by atoms with Gasteiger partial charge in [0, 0.05) is 10.7 Å². The molecule has 2 nitrogen and oxygen atoms in total. The van der Waals surface area contributed by atoms with Crippen LogP contribution in [0.2, 0.25) is 0 Å². The molecule has 1 aromatic rings. The molecule has 0 bridgehead atoms. The van der Waals surface area contributed by atoms with Gasteiger partial charge in [0.25, 0.3) is 0 Å². The van der Waals surface area contributed by atoms with E-state index in [-0.39, 0.29) is 33.7 Å². The van der Waals surface area contributed by atoms with Gasteiger partial charge in [-0.2, -0.15) is 0 Å². The van der Waals surface area contributed by atoms with E-state index in [9.17, 15) is 4.79 Å². The van der Waals surface area contributed by atoms with Gasteiger partial charge in [-0.25, -0.2) is 0 Å². The molecule has 0 spiro atoms. The maximum atomic E-state index is 10.5. The van der Waals surface area contributed by atoms with Crippen molar-refractivity contribution in [1.29, 1.82) is 0 Å². The minimum Gasteiger partial charge on any atom is -0.737 e. The average molecular weight is 261 g/mol. The van der Waals surface area contributed by atoms with Crippen molar-refractivity contribution in [2.24, 2.45) is 0 Å². The maximum absolute atomic E-state index is 10.5. The summed E-state index contributed by atoms with van der Waals surface area (Å²) in [5, 5.41) is 8.46. The molecule has 0 unspecified atom stereocenters. The Bertz CT molecular complexity index is 262. The van der Waals surface area contributed by atoms with Crippen LogP contribution in [0.25, 0.3) is 0 Å². The molecule has 4 heteroatoms. The van der Waals surface area contributed by atoms with Crippen LogP contribution in [-0.4, -0.2) is 10.2 Å². The molecule has 1 N–H and O–H groups in total. The standard InChI is InChI=1S/C7H6O2S.Ag/c8-6-4-2-1-3-5(6)7(9)10;/h1-4,8H,(H,9,10);/q;+1/p-1. The number of hydrogen-bond acceptors (Lipinski definition) is 3. The first kappa shape index (κ1) is 10.7. The Kier molecular flexibility index (Phi) is 4.37. The monoisotopic (exact) mass is 260 g/mol. The van der Waals surface area contributed by atoms with Gasteiger partial charge in [-0.15, -0.1) is 0 Å². The summed E-state index contributed by atoms with van der Waals surface area (Å²) in [5.74, 6) is -0.0532. The predicted octanol–water partition coefficient (Wildman–Crippen LogP) is 1.08. The number of para-hydroxylation sites is 1. The molecule has 0 aliphatic rings. The van der Waals surface area contributed by atoms with Crippen LogP contribution in [0, 0.1) is 0 Å². The number of hydrogen-bond donors (Lipinski definition) is 1. The summed E-state index contributed by atoms with van der Waals surface area (Å²) in [4.78, 5) is 10.5. The molecule has 0 aromatic heterocycles. The molecule has 1 rings (SSSR count). The second-order valence-electron chi connectivity index (χ2n) is 1.80. The van der Waals surface area contributed by atoms with Gasteiger partial charge >= 0.3 is 22.4 Å². The van der Waals surface area contributed by atoms with Crippen LogP contribution < -0.4 is 0 Å². The zero-order valence-electron chi connectivity index (χ0n) is 5.37. The first-order chi connectivity index (χ1) is 4.72. The fourth-order valence-corrected chi connectivity index (χ4v) is 0.819. The average Bonchev–Trinajstić information content (AvgIpc) is 1.88. The van der Waals surface area contributed by atoms with Crippen LogP contribution in [-0.2, 0) is 35.0 Å². The van der Waals surface area contributed by atoms with Gasteiger partial charge in [-0.1, -0.05) is 12.1 Å². The molecule has 0 atom stereocenters. The molecule has 62 valence electrons. The second-order valence-corrected chi connectivity index (χ2v) is 2.18. The van der Waals surface area contributed by atoms with Crippen LogP contribution in [0.4, 0.5) is 0 Å². The van der Waals surface area contributed by atoms with Gasteiger partial charge in [-0.3, -0.25) is 0 Å². The van der Waals surface area contributed by atoms with Crippen LogP contribution in [0.5, 0.6) is 5.75 Å². The largest absolute Gasteiger partial charge is 1.00 e. The zero-order valence-corrected chi connectivity index (χ0v) is 7.67. The number of phenolic OH excluding ortho intramolecular Hbond substituents is 1. The minimum absolute atomic E-state index is 0. The van der Waals surface area contributed by atoms with Crippen molar-refractivity contribution in [2.75, 3.05) is 0 Å². The Morgan fingerprint density at radius 1 is 1.36 bits per heavy atom. The van der Waals surface area contributed by atoms with E-state index in [1.807, 2.05) is 0 Å². The topological polar surface area (TPSA) is 37.3 Å². The molecule has 0 amide bonds. The summed E-state index contributed by atoms with van der Waals surface area (Å²) < 4.78 is 0. The normalized spacial score (nSPS) is 8.36. The zero-order chi connectivity index (χ0) is 7.56. The van der Waals surface area contributed by atoms with Crippen molar-refractivity contribution in [1.82, 2.24) is 0 Å². The van der Waals surface area contributed by atoms with Crippen LogP contribution >= 0.6 is 0 Å². The Balaban J connectivity index is 0.000001000. The smallest absolute Gasteiger partial charge is 0.737 e. The number of carbonyl (C=O) groups is 1. The van der Waals surface area contributed by atoms with Gasteiger partial charge in [0.15, 0.2) is 0 Å². The summed E-state index contributed by atoms with van der Waals surface area (Å²) in [6.07, 6.45) is 0. The maximum Gasteiger partial charge on any atom is 1.00 e. The molecule has 1 aromatic carbocycles. The number of phenols is 1. The number of carbonyl (C=O) groups excluding carboxylic acids is 1. The molecule has 0 heterocycles. The van der Waals surface area contributed by atoms with E-state index in [0.717, 1.165) is 0 Å². The quantitative estimate of drug-likeness (QED) is 0.607. The van der Waals surface area contributed by atoms with E-state index in [1.54, 1.807) is 12.1 Å². The van der Waals surface area contributed by atoms with E-state index in [2.05, 4.69) is 12.6 Å². The summed E-state index contributed by atoms with van der Waals surface area (Å²) in [6, 6.07) is 6.21. The number of rotatable bonds is 1. The Hall–Kier alpha value is -0.350. The summed E-state index contributed by atoms with van der Waals surface area (Å²) >= 11 is 4.33. The van der Waals surface area contributed by atoms with Crippen molar-refractivity contribution in [2.45, 2.75) is 0 Å². The van der Waals surface area contributed by atoms with E-state index < -0.39 is 5.12 Å². The minimum atomic E-state index is -0.530. The van der Waals surface area contributed by atoms with Gasteiger partial charge in [-0.05, 0) is 12.1 Å². The molecule has 11 heavy (non-hydrogen) atoms. The van der Waals surface area contributed by atoms with Crippen molar-refractivity contribution in [3.8, 4) is 5.75 Å². The first-order valence-corrected chi connectivity index (χ1v) is 3.12. The van der Waals surface area contributed by atoms with E-state index >= 15 is 0 Å². The molecular formula is C7H5AgO2S. The molecule has 0 aliphatic heterocycles. The molecule has 0 saturated carbocycles. The fraction of sp³-hybridized carbons (Fsp3) is 0. The van der Waals surface area contributed by atoms with Gasteiger partial charge < -0.3 is 22.5 Å². The summed E-state index contributed by atoms with van der Waals surface area (Å²) in [6.45, 7) is 0. The Labute approximate surface area is 85.5 Å². The van der Waals surface area contributed by atoms with Gasteiger partial charge in [0.05, 0.1) is 0 Å². The molecule has 0 saturated heterocycles. The summed E-state index contributed by atoms with van der Waals surface area (Å²) in [7, 11) is 0. The van der Waals surface area contributed by atoms with Crippen LogP contribution in [0.15, 0.2) is 24.3 Å². The third kappa shape index (κ3) is 2.63. The SMILES string of the molecule is O=C([S-])c1ccccc1O.[Ag+].